The van der Waals surface area contributed by atoms with E-state index in [0.29, 0.717) is 12.1 Å². The summed E-state index contributed by atoms with van der Waals surface area (Å²) >= 11 is 0. The number of benzene rings is 1. The van der Waals surface area contributed by atoms with Gasteiger partial charge < -0.3 is 10.5 Å². The van der Waals surface area contributed by atoms with Crippen molar-refractivity contribution in [1.29, 1.82) is 0 Å². The Labute approximate surface area is 116 Å². The Morgan fingerprint density at radius 1 is 1.44 bits per heavy atom. The van der Waals surface area contributed by atoms with Gasteiger partial charge in [0.05, 0.1) is 7.11 Å². The zero-order chi connectivity index (χ0) is 12.3. The van der Waals surface area contributed by atoms with E-state index in [9.17, 15) is 0 Å². The van der Waals surface area contributed by atoms with Gasteiger partial charge in [-0.1, -0.05) is 12.1 Å². The lowest BCUT2D eigenvalue weighted by Gasteiger charge is -2.35. The monoisotopic (exact) mass is 270 g/mol. The SMILES string of the molecule is COc1cccc(C(C)N2CCCC(N)C2)c1.Cl. The second kappa shape index (κ2) is 6.98. The minimum Gasteiger partial charge on any atom is -0.497 e. The topological polar surface area (TPSA) is 38.5 Å². The van der Waals surface area contributed by atoms with Crippen LogP contribution in [0.5, 0.6) is 5.75 Å². The van der Waals surface area contributed by atoms with E-state index in [2.05, 4.69) is 30.0 Å². The van der Waals surface area contributed by atoms with Crippen LogP contribution >= 0.6 is 12.4 Å². The molecular weight excluding hydrogens is 248 g/mol. The van der Waals surface area contributed by atoms with Crippen LogP contribution in [-0.4, -0.2) is 31.1 Å². The second-order valence-corrected chi connectivity index (χ2v) is 4.85. The van der Waals surface area contributed by atoms with E-state index in [-0.39, 0.29) is 12.4 Å². The molecule has 0 spiro atoms. The molecule has 3 nitrogen and oxygen atoms in total. The van der Waals surface area contributed by atoms with E-state index in [0.717, 1.165) is 25.3 Å². The number of piperidine rings is 1. The summed E-state index contributed by atoms with van der Waals surface area (Å²) in [5, 5.41) is 0. The van der Waals surface area contributed by atoms with Gasteiger partial charge in [-0.05, 0) is 44.0 Å². The van der Waals surface area contributed by atoms with E-state index in [4.69, 9.17) is 10.5 Å². The van der Waals surface area contributed by atoms with E-state index >= 15 is 0 Å². The molecule has 4 heteroatoms. The van der Waals surface area contributed by atoms with Crippen molar-refractivity contribution in [3.05, 3.63) is 29.8 Å². The number of likely N-dealkylation sites (tertiary alicyclic amines) is 1. The summed E-state index contributed by atoms with van der Waals surface area (Å²) in [6, 6.07) is 9.05. The average Bonchev–Trinajstić information content (AvgIpc) is 2.38. The van der Waals surface area contributed by atoms with Crippen molar-refractivity contribution in [1.82, 2.24) is 4.90 Å². The van der Waals surface area contributed by atoms with Crippen LogP contribution < -0.4 is 10.5 Å². The summed E-state index contributed by atoms with van der Waals surface area (Å²) in [5.74, 6) is 0.927. The van der Waals surface area contributed by atoms with Crippen molar-refractivity contribution >= 4 is 12.4 Å². The van der Waals surface area contributed by atoms with Crippen molar-refractivity contribution in [3.8, 4) is 5.75 Å². The summed E-state index contributed by atoms with van der Waals surface area (Å²) in [6.07, 6.45) is 2.36. The molecule has 1 aliphatic heterocycles. The van der Waals surface area contributed by atoms with Crippen molar-refractivity contribution in [2.45, 2.75) is 31.8 Å². The molecular formula is C14H23ClN2O. The molecule has 0 aliphatic carbocycles. The molecule has 2 unspecified atom stereocenters. The number of hydrogen-bond donors (Lipinski definition) is 1. The molecule has 2 N–H and O–H groups in total. The van der Waals surface area contributed by atoms with Crippen LogP contribution in [0, 0.1) is 0 Å². The first-order valence-electron chi connectivity index (χ1n) is 6.34. The highest BCUT2D eigenvalue weighted by atomic mass is 35.5. The minimum absolute atomic E-state index is 0. The number of methoxy groups -OCH3 is 1. The van der Waals surface area contributed by atoms with Crippen LogP contribution in [0.4, 0.5) is 0 Å². The van der Waals surface area contributed by atoms with E-state index in [1.54, 1.807) is 7.11 Å². The fourth-order valence-electron chi connectivity index (χ4n) is 2.50. The quantitative estimate of drug-likeness (QED) is 0.918. The molecule has 1 fully saturated rings. The van der Waals surface area contributed by atoms with Crippen LogP contribution in [0.15, 0.2) is 24.3 Å². The molecule has 1 saturated heterocycles. The van der Waals surface area contributed by atoms with Gasteiger partial charge in [-0.3, -0.25) is 4.90 Å². The fraction of sp³-hybridized carbons (Fsp3) is 0.571. The Balaban J connectivity index is 0.00000162. The lowest BCUT2D eigenvalue weighted by Crippen LogP contribution is -2.43. The average molecular weight is 271 g/mol. The van der Waals surface area contributed by atoms with Crippen LogP contribution in [0.1, 0.15) is 31.4 Å². The second-order valence-electron chi connectivity index (χ2n) is 4.85. The summed E-state index contributed by atoms with van der Waals surface area (Å²) in [7, 11) is 1.71. The number of ether oxygens (including phenoxy) is 1. The van der Waals surface area contributed by atoms with Gasteiger partial charge in [0.1, 0.15) is 5.75 Å². The van der Waals surface area contributed by atoms with Gasteiger partial charge in [-0.2, -0.15) is 0 Å². The molecule has 0 aromatic heterocycles. The number of hydrogen-bond acceptors (Lipinski definition) is 3. The highest BCUT2D eigenvalue weighted by Crippen LogP contribution is 2.26. The standard InChI is InChI=1S/C14H22N2O.ClH/c1-11(16-8-4-6-13(15)10-16)12-5-3-7-14(9-12)17-2;/h3,5,7,9,11,13H,4,6,8,10,15H2,1-2H3;1H. The zero-order valence-corrected chi connectivity index (χ0v) is 12.0. The van der Waals surface area contributed by atoms with E-state index in [1.165, 1.54) is 12.0 Å². The van der Waals surface area contributed by atoms with Gasteiger partial charge in [-0.25, -0.2) is 0 Å². The lowest BCUT2D eigenvalue weighted by atomic mass is 10.0. The van der Waals surface area contributed by atoms with Gasteiger partial charge in [0.15, 0.2) is 0 Å². The zero-order valence-electron chi connectivity index (χ0n) is 11.1. The Morgan fingerprint density at radius 3 is 2.89 bits per heavy atom. The van der Waals surface area contributed by atoms with Gasteiger partial charge in [0.25, 0.3) is 0 Å². The number of nitrogens with two attached hydrogens (primary N) is 1. The predicted octanol–water partition coefficient (Wildman–Crippen LogP) is 2.60. The van der Waals surface area contributed by atoms with Crippen molar-refractivity contribution in [2.75, 3.05) is 20.2 Å². The smallest absolute Gasteiger partial charge is 0.119 e. The Hall–Kier alpha value is -0.770. The van der Waals surface area contributed by atoms with Gasteiger partial charge in [0.2, 0.25) is 0 Å². The third-order valence-corrected chi connectivity index (χ3v) is 3.61. The maximum absolute atomic E-state index is 6.03. The van der Waals surface area contributed by atoms with Gasteiger partial charge in [-0.15, -0.1) is 12.4 Å². The fourth-order valence-corrected chi connectivity index (χ4v) is 2.50. The summed E-state index contributed by atoms with van der Waals surface area (Å²) < 4.78 is 5.27. The third kappa shape index (κ3) is 3.61. The Kier molecular flexibility index (Phi) is 5.93. The molecule has 1 heterocycles. The van der Waals surface area contributed by atoms with Crippen molar-refractivity contribution in [2.24, 2.45) is 5.73 Å². The molecule has 2 atom stereocenters. The molecule has 1 aromatic rings. The third-order valence-electron chi connectivity index (χ3n) is 3.61. The van der Waals surface area contributed by atoms with E-state index in [1.807, 2.05) is 6.07 Å². The summed E-state index contributed by atoms with van der Waals surface area (Å²) in [5.41, 5.74) is 7.33. The molecule has 1 aromatic carbocycles. The molecule has 2 rings (SSSR count). The Bertz CT molecular complexity index is 373. The van der Waals surface area contributed by atoms with Crippen LogP contribution in [0.3, 0.4) is 0 Å². The van der Waals surface area contributed by atoms with E-state index < -0.39 is 0 Å². The van der Waals surface area contributed by atoms with Crippen LogP contribution in [-0.2, 0) is 0 Å². The molecule has 0 amide bonds. The maximum atomic E-state index is 6.03. The Morgan fingerprint density at radius 2 is 2.22 bits per heavy atom. The molecule has 0 saturated carbocycles. The molecule has 102 valence electrons. The maximum Gasteiger partial charge on any atom is 0.119 e. The molecule has 0 bridgehead atoms. The summed E-state index contributed by atoms with van der Waals surface area (Å²) in [6.45, 7) is 4.39. The van der Waals surface area contributed by atoms with Crippen molar-refractivity contribution in [3.63, 3.8) is 0 Å². The lowest BCUT2D eigenvalue weighted by molar-refractivity contribution is 0.159. The molecule has 18 heavy (non-hydrogen) atoms. The minimum atomic E-state index is 0. The first-order chi connectivity index (χ1) is 8.20. The highest BCUT2D eigenvalue weighted by Gasteiger charge is 2.22. The number of rotatable bonds is 3. The molecule has 0 radical (unpaired) electrons. The first-order valence-corrected chi connectivity index (χ1v) is 6.34. The van der Waals surface area contributed by atoms with Gasteiger partial charge in [0, 0.05) is 18.6 Å². The first kappa shape index (κ1) is 15.3. The van der Waals surface area contributed by atoms with Crippen LogP contribution in [0.25, 0.3) is 0 Å². The predicted molar refractivity (Wildman–Crippen MR) is 77.4 cm³/mol. The number of nitrogens with zero attached hydrogens (tertiary/aromatic N) is 1. The summed E-state index contributed by atoms with van der Waals surface area (Å²) in [4.78, 5) is 2.46. The van der Waals surface area contributed by atoms with Gasteiger partial charge >= 0.3 is 0 Å². The van der Waals surface area contributed by atoms with Crippen molar-refractivity contribution < 1.29 is 4.74 Å². The highest BCUT2D eigenvalue weighted by molar-refractivity contribution is 5.85. The van der Waals surface area contributed by atoms with Crippen LogP contribution in [0.2, 0.25) is 0 Å². The number of halogens is 1. The molecule has 1 aliphatic rings. The largest absolute Gasteiger partial charge is 0.497 e. The normalized spacial score (nSPS) is 22.1.